The van der Waals surface area contributed by atoms with Crippen LogP contribution in [0.3, 0.4) is 0 Å². The summed E-state index contributed by atoms with van der Waals surface area (Å²) in [5, 5.41) is 14.1. The van der Waals surface area contributed by atoms with Gasteiger partial charge < -0.3 is 5.11 Å². The Morgan fingerprint density at radius 2 is 2.12 bits per heavy atom. The third kappa shape index (κ3) is 2.08. The zero-order valence-electron chi connectivity index (χ0n) is 9.64. The number of aromatic nitrogens is 2. The van der Waals surface area contributed by atoms with Gasteiger partial charge in [0.05, 0.1) is 5.69 Å². The highest BCUT2D eigenvalue weighted by Gasteiger charge is 2.07. The van der Waals surface area contributed by atoms with Crippen LogP contribution in [0.4, 0.5) is 0 Å². The Hall–Kier alpha value is -1.77. The Balaban J connectivity index is 2.37. The summed E-state index contributed by atoms with van der Waals surface area (Å²) in [7, 11) is 0. The van der Waals surface area contributed by atoms with Gasteiger partial charge in [-0.1, -0.05) is 30.7 Å². The van der Waals surface area contributed by atoms with Crippen LogP contribution in [0.15, 0.2) is 30.3 Å². The molecule has 0 aliphatic heterocycles. The summed E-state index contributed by atoms with van der Waals surface area (Å²) in [6, 6.07) is 9.83. The predicted octanol–water partition coefficient (Wildman–Crippen LogP) is 2.97. The largest absolute Gasteiger partial charge is 0.493 e. The minimum Gasteiger partial charge on any atom is -0.493 e. The lowest BCUT2D eigenvalue weighted by molar-refractivity contribution is 0.397. The molecule has 3 heteroatoms. The van der Waals surface area contributed by atoms with E-state index in [4.69, 9.17) is 0 Å². The Bertz CT molecular complexity index is 488. The maximum atomic E-state index is 9.69. The maximum absolute atomic E-state index is 9.69. The molecule has 0 atom stereocenters. The van der Waals surface area contributed by atoms with Gasteiger partial charge in [-0.3, -0.25) is 0 Å². The van der Waals surface area contributed by atoms with E-state index in [1.807, 2.05) is 25.1 Å². The predicted molar refractivity (Wildman–Crippen MR) is 64.4 cm³/mol. The summed E-state index contributed by atoms with van der Waals surface area (Å²) in [6.07, 6.45) is 0.961. The van der Waals surface area contributed by atoms with Gasteiger partial charge in [-0.05, 0) is 19.4 Å². The molecule has 0 radical (unpaired) electrons. The highest BCUT2D eigenvalue weighted by molar-refractivity contribution is 5.60. The van der Waals surface area contributed by atoms with Crippen LogP contribution < -0.4 is 0 Å². The molecule has 2 aromatic rings. The van der Waals surface area contributed by atoms with Gasteiger partial charge in [0.15, 0.2) is 0 Å². The molecule has 1 aromatic carbocycles. The maximum Gasteiger partial charge on any atom is 0.209 e. The van der Waals surface area contributed by atoms with Crippen molar-refractivity contribution in [3.8, 4) is 17.1 Å². The molecule has 84 valence electrons. The second-order valence-corrected chi connectivity index (χ2v) is 3.98. The van der Waals surface area contributed by atoms with Crippen molar-refractivity contribution >= 4 is 0 Å². The molecule has 1 aromatic heterocycles. The fourth-order valence-corrected chi connectivity index (χ4v) is 1.73. The summed E-state index contributed by atoms with van der Waals surface area (Å²) in [5.41, 5.74) is 3.07. The summed E-state index contributed by atoms with van der Waals surface area (Å²) in [6.45, 7) is 4.86. The van der Waals surface area contributed by atoms with Crippen molar-refractivity contribution < 1.29 is 5.11 Å². The van der Waals surface area contributed by atoms with Gasteiger partial charge in [0.25, 0.3) is 0 Å². The lowest BCUT2D eigenvalue weighted by Gasteiger charge is -1.99. The average molecular weight is 216 g/mol. The van der Waals surface area contributed by atoms with Gasteiger partial charge in [-0.25, -0.2) is 4.68 Å². The summed E-state index contributed by atoms with van der Waals surface area (Å²) in [5.74, 6) is 0.235. The SMILES string of the molecule is CCCn1nc(-c2cccc(C)c2)cc1O. The second-order valence-electron chi connectivity index (χ2n) is 3.98. The minimum absolute atomic E-state index is 0.235. The fraction of sp³-hybridized carbons (Fsp3) is 0.308. The number of benzene rings is 1. The Labute approximate surface area is 95.3 Å². The smallest absolute Gasteiger partial charge is 0.209 e. The molecule has 0 aliphatic carbocycles. The van der Waals surface area contributed by atoms with E-state index in [0.717, 1.165) is 24.2 Å². The van der Waals surface area contributed by atoms with Crippen molar-refractivity contribution in [3.05, 3.63) is 35.9 Å². The van der Waals surface area contributed by atoms with E-state index in [2.05, 4.69) is 18.1 Å². The molecule has 0 unspecified atom stereocenters. The fourth-order valence-electron chi connectivity index (χ4n) is 1.73. The van der Waals surface area contributed by atoms with E-state index in [1.165, 1.54) is 5.56 Å². The number of aryl methyl sites for hydroxylation is 2. The quantitative estimate of drug-likeness (QED) is 0.856. The first-order chi connectivity index (χ1) is 7.70. The molecule has 0 bridgehead atoms. The molecule has 3 nitrogen and oxygen atoms in total. The Morgan fingerprint density at radius 3 is 2.81 bits per heavy atom. The van der Waals surface area contributed by atoms with Gasteiger partial charge in [-0.2, -0.15) is 5.10 Å². The van der Waals surface area contributed by atoms with Crippen molar-refractivity contribution in [3.63, 3.8) is 0 Å². The molecular weight excluding hydrogens is 200 g/mol. The van der Waals surface area contributed by atoms with Crippen molar-refractivity contribution in [1.29, 1.82) is 0 Å². The van der Waals surface area contributed by atoms with Gasteiger partial charge in [0.2, 0.25) is 5.88 Å². The molecule has 2 rings (SSSR count). The monoisotopic (exact) mass is 216 g/mol. The lowest BCUT2D eigenvalue weighted by Crippen LogP contribution is -1.98. The number of aromatic hydroxyl groups is 1. The van der Waals surface area contributed by atoms with E-state index in [0.29, 0.717) is 0 Å². The van der Waals surface area contributed by atoms with Gasteiger partial charge in [0.1, 0.15) is 0 Å². The first-order valence-electron chi connectivity index (χ1n) is 5.54. The van der Waals surface area contributed by atoms with E-state index < -0.39 is 0 Å². The average Bonchev–Trinajstić information content (AvgIpc) is 2.61. The standard InChI is InChI=1S/C13H16N2O/c1-3-7-15-13(16)9-12(14-15)11-6-4-5-10(2)8-11/h4-6,8-9,16H,3,7H2,1-2H3. The lowest BCUT2D eigenvalue weighted by atomic mass is 10.1. The normalized spacial score (nSPS) is 10.6. The van der Waals surface area contributed by atoms with Crippen molar-refractivity contribution in [1.82, 2.24) is 9.78 Å². The third-order valence-corrected chi connectivity index (χ3v) is 2.51. The van der Waals surface area contributed by atoms with E-state index in [9.17, 15) is 5.11 Å². The highest BCUT2D eigenvalue weighted by atomic mass is 16.3. The van der Waals surface area contributed by atoms with Crippen LogP contribution in [0.1, 0.15) is 18.9 Å². The first kappa shape index (κ1) is 10.7. The molecule has 0 amide bonds. The van der Waals surface area contributed by atoms with E-state index >= 15 is 0 Å². The van der Waals surface area contributed by atoms with Crippen LogP contribution >= 0.6 is 0 Å². The van der Waals surface area contributed by atoms with Crippen molar-refractivity contribution in [2.24, 2.45) is 0 Å². The number of hydrogen-bond donors (Lipinski definition) is 1. The number of nitrogens with zero attached hydrogens (tertiary/aromatic N) is 2. The molecule has 0 saturated heterocycles. The van der Waals surface area contributed by atoms with Crippen molar-refractivity contribution in [2.45, 2.75) is 26.8 Å². The molecule has 1 heterocycles. The van der Waals surface area contributed by atoms with Crippen LogP contribution in [0, 0.1) is 6.92 Å². The molecular formula is C13H16N2O. The molecule has 0 fully saturated rings. The van der Waals surface area contributed by atoms with E-state index in [1.54, 1.807) is 10.7 Å². The Kier molecular flexibility index (Phi) is 2.95. The van der Waals surface area contributed by atoms with E-state index in [-0.39, 0.29) is 5.88 Å². The minimum atomic E-state index is 0.235. The number of hydrogen-bond acceptors (Lipinski definition) is 2. The van der Waals surface area contributed by atoms with Crippen LogP contribution in [0.2, 0.25) is 0 Å². The van der Waals surface area contributed by atoms with Crippen LogP contribution in [0.5, 0.6) is 5.88 Å². The van der Waals surface area contributed by atoms with Gasteiger partial charge in [-0.15, -0.1) is 0 Å². The second kappa shape index (κ2) is 4.39. The zero-order valence-corrected chi connectivity index (χ0v) is 9.64. The van der Waals surface area contributed by atoms with Crippen LogP contribution in [0.25, 0.3) is 11.3 Å². The summed E-state index contributed by atoms with van der Waals surface area (Å²) < 4.78 is 1.64. The van der Waals surface area contributed by atoms with Gasteiger partial charge >= 0.3 is 0 Å². The van der Waals surface area contributed by atoms with Crippen molar-refractivity contribution in [2.75, 3.05) is 0 Å². The highest BCUT2D eigenvalue weighted by Crippen LogP contribution is 2.23. The van der Waals surface area contributed by atoms with Gasteiger partial charge in [0, 0.05) is 18.2 Å². The summed E-state index contributed by atoms with van der Waals surface area (Å²) in [4.78, 5) is 0. The zero-order chi connectivity index (χ0) is 11.5. The Morgan fingerprint density at radius 1 is 1.31 bits per heavy atom. The summed E-state index contributed by atoms with van der Waals surface area (Å²) >= 11 is 0. The number of rotatable bonds is 3. The molecule has 1 N–H and O–H groups in total. The van der Waals surface area contributed by atoms with Crippen LogP contribution in [-0.2, 0) is 6.54 Å². The first-order valence-corrected chi connectivity index (χ1v) is 5.54. The molecule has 16 heavy (non-hydrogen) atoms. The van der Waals surface area contributed by atoms with Crippen LogP contribution in [-0.4, -0.2) is 14.9 Å². The molecule has 0 aliphatic rings. The molecule has 0 spiro atoms. The topological polar surface area (TPSA) is 38.0 Å². The third-order valence-electron chi connectivity index (χ3n) is 2.51. The molecule has 0 saturated carbocycles.